The van der Waals surface area contributed by atoms with Gasteiger partial charge in [-0.1, -0.05) is 27.7 Å². The second-order valence-corrected chi connectivity index (χ2v) is 26.2. The molecule has 0 aliphatic heterocycles. The Labute approximate surface area is 448 Å². The molecule has 8 fully saturated rings. The van der Waals surface area contributed by atoms with Gasteiger partial charge in [-0.25, -0.2) is 4.79 Å². The summed E-state index contributed by atoms with van der Waals surface area (Å²) in [6, 6.07) is 0. The number of fused-ring (bicyclic) bond motifs is 10. The number of carboxylic acid groups (broad SMARTS) is 1. The number of ketones is 2. The third-order valence-corrected chi connectivity index (χ3v) is 22.0. The summed E-state index contributed by atoms with van der Waals surface area (Å²) in [5.74, 6) is 4.47. The highest BCUT2D eigenvalue weighted by Crippen LogP contribution is 2.70. The lowest BCUT2D eigenvalue weighted by Crippen LogP contribution is -2.56. The van der Waals surface area contributed by atoms with Crippen LogP contribution in [0.1, 0.15) is 165 Å². The lowest BCUT2D eigenvalue weighted by molar-refractivity contribution is -0.164. The van der Waals surface area contributed by atoms with Crippen molar-refractivity contribution in [3.63, 3.8) is 0 Å². The summed E-state index contributed by atoms with van der Waals surface area (Å²) in [5.41, 5.74) is -0.0445. The molecule has 10 rings (SSSR count). The maximum absolute atomic E-state index is 13.6. The van der Waals surface area contributed by atoms with Crippen molar-refractivity contribution in [2.24, 2.45) is 80.8 Å². The van der Waals surface area contributed by atoms with Gasteiger partial charge in [-0.3, -0.25) is 28.1 Å². The van der Waals surface area contributed by atoms with Crippen molar-refractivity contribution < 1.29 is 49.7 Å². The summed E-state index contributed by atoms with van der Waals surface area (Å²) < 4.78 is 29.4. The van der Waals surface area contributed by atoms with Crippen molar-refractivity contribution in [1.82, 2.24) is 29.8 Å². The molecule has 0 spiro atoms. The van der Waals surface area contributed by atoms with Crippen molar-refractivity contribution in [1.29, 1.82) is 0 Å². The number of rotatable bonds is 12. The van der Waals surface area contributed by atoms with Crippen LogP contribution in [-0.4, -0.2) is 137 Å². The van der Waals surface area contributed by atoms with E-state index in [-0.39, 0.29) is 69.6 Å². The minimum absolute atomic E-state index is 0.0235. The van der Waals surface area contributed by atoms with Gasteiger partial charge >= 0.3 is 5.97 Å². The maximum atomic E-state index is 13.6. The van der Waals surface area contributed by atoms with Gasteiger partial charge < -0.3 is 35.0 Å². The zero-order chi connectivity index (χ0) is 55.6. The molecule has 8 aliphatic rings. The van der Waals surface area contributed by atoms with Crippen LogP contribution in [0.3, 0.4) is 0 Å². The van der Waals surface area contributed by atoms with E-state index in [9.17, 15) is 33.8 Å². The number of ether oxygens (including phenoxy) is 2. The van der Waals surface area contributed by atoms with Gasteiger partial charge in [-0.15, -0.1) is 0 Å². The molecule has 2 aromatic rings. The third-order valence-electron chi connectivity index (χ3n) is 22.0. The number of halogens is 1. The van der Waals surface area contributed by atoms with Gasteiger partial charge in [-0.2, -0.15) is 10.2 Å². The number of carbonyl (C=O) groups excluding carboxylic acids is 3. The Morgan fingerprint density at radius 3 is 1.41 bits per heavy atom. The van der Waals surface area contributed by atoms with Gasteiger partial charge in [0.15, 0.2) is 11.6 Å². The molecule has 0 radical (unpaired) electrons. The van der Waals surface area contributed by atoms with Crippen LogP contribution in [0.5, 0.6) is 0 Å². The summed E-state index contributed by atoms with van der Waals surface area (Å²) in [5, 5.41) is 42.5. The van der Waals surface area contributed by atoms with E-state index in [0.29, 0.717) is 66.1 Å². The summed E-state index contributed by atoms with van der Waals surface area (Å²) in [6.45, 7) is 11.0. The van der Waals surface area contributed by atoms with Crippen molar-refractivity contribution in [2.45, 2.75) is 168 Å². The minimum atomic E-state index is -1.02. The number of methoxy groups -OCH3 is 2. The van der Waals surface area contributed by atoms with Crippen LogP contribution < -0.4 is 5.32 Å². The van der Waals surface area contributed by atoms with Gasteiger partial charge in [0.2, 0.25) is 0 Å². The van der Waals surface area contributed by atoms with E-state index in [1.54, 1.807) is 45.4 Å². The number of aliphatic hydroxyl groups is 2. The summed E-state index contributed by atoms with van der Waals surface area (Å²) >= 11 is 0. The Bertz CT molecular complexity index is 2330. The number of carboxylic acids is 1. The van der Waals surface area contributed by atoms with Gasteiger partial charge in [-0.05, 0) is 199 Å². The van der Waals surface area contributed by atoms with Crippen molar-refractivity contribution in [3.05, 3.63) is 35.9 Å². The van der Waals surface area contributed by atoms with Gasteiger partial charge in [0.05, 0.1) is 69.6 Å². The Hall–Kier alpha value is -3.57. The van der Waals surface area contributed by atoms with Crippen LogP contribution in [-0.2, 0) is 32.2 Å². The Kier molecular flexibility index (Phi) is 18.0. The van der Waals surface area contributed by atoms with Crippen LogP contribution in [0.4, 0.5) is 4.39 Å². The SMILES string of the molecule is CNC.COC[C@@]1(O)CC[C@@]2(C)[C@@H](CC[C@@H]3[C@@H]2CC[C@]2(C)[C@@H](C(=O)Cn4cc(C(=O)N(C)C)cn4)CC[C@@H]32)C1.COC[C@@]1(O)CC[C@@]2(C)[C@@H](CC[C@@H]3[C@@H]2CC[C@]2(C)[C@@H](C(=O)Cn4cc(C(=O)O)cn4)CC[C@@H]32)C1.[2H]CF. The van der Waals surface area contributed by atoms with Crippen LogP contribution in [0.2, 0.25) is 0 Å². The fourth-order valence-electron chi connectivity index (χ4n) is 18.4. The molecule has 1 amide bonds. The first kappa shape index (κ1) is 57.6. The van der Waals surface area contributed by atoms with Crippen LogP contribution in [0.15, 0.2) is 24.8 Å². The quantitative estimate of drug-likeness (QED) is 0.158. The molecule has 75 heavy (non-hydrogen) atoms. The summed E-state index contributed by atoms with van der Waals surface area (Å²) in [4.78, 5) is 51.9. The fourth-order valence-corrected chi connectivity index (χ4v) is 18.4. The Morgan fingerprint density at radius 2 is 1.04 bits per heavy atom. The number of hydrogen-bond acceptors (Lipinski definition) is 11. The molecular formula is C59H95FN6O9. The van der Waals surface area contributed by atoms with E-state index >= 15 is 0 Å². The first-order chi connectivity index (χ1) is 35.9. The number of carbonyl (C=O) groups is 4. The van der Waals surface area contributed by atoms with Crippen molar-refractivity contribution in [2.75, 3.05) is 62.8 Å². The number of hydrogen-bond donors (Lipinski definition) is 4. The number of Topliss-reactive ketones (excluding diaryl/α,β-unsaturated/α-hetero) is 2. The lowest BCUT2D eigenvalue weighted by atomic mass is 9.44. The summed E-state index contributed by atoms with van der Waals surface area (Å²) in [6.07, 6.45) is 25.1. The van der Waals surface area contributed by atoms with E-state index in [0.717, 1.165) is 77.0 Å². The van der Waals surface area contributed by atoms with Crippen molar-refractivity contribution >= 4 is 23.4 Å². The number of nitrogens with zero attached hydrogens (tertiary/aromatic N) is 5. The molecule has 8 saturated carbocycles. The normalized spacial score (nSPS) is 40.3. The summed E-state index contributed by atoms with van der Waals surface area (Å²) in [7, 11) is 9.57. The molecule has 2 aromatic heterocycles. The molecule has 422 valence electrons. The molecule has 0 aromatic carbocycles. The fraction of sp³-hybridized carbons (Fsp3) is 0.831. The number of alkyl halides is 1. The molecule has 0 unspecified atom stereocenters. The molecule has 16 heteroatoms. The second kappa shape index (κ2) is 23.4. The molecule has 16 atom stereocenters. The largest absolute Gasteiger partial charge is 0.478 e. The zero-order valence-electron chi connectivity index (χ0n) is 48.3. The zero-order valence-corrected chi connectivity index (χ0v) is 47.3. The highest BCUT2D eigenvalue weighted by atomic mass is 19.1. The van der Waals surface area contributed by atoms with Gasteiger partial charge in [0, 0.05) is 52.5 Å². The molecule has 0 bridgehead atoms. The van der Waals surface area contributed by atoms with Gasteiger partial charge in [0.1, 0.15) is 0 Å². The maximum Gasteiger partial charge on any atom is 0.338 e. The first-order valence-electron chi connectivity index (χ1n) is 29.1. The molecule has 8 aliphatic carbocycles. The predicted octanol–water partition coefficient (Wildman–Crippen LogP) is 8.80. The van der Waals surface area contributed by atoms with Gasteiger partial charge in [0.25, 0.3) is 5.91 Å². The molecular weight excluding hydrogens is 956 g/mol. The minimum Gasteiger partial charge on any atom is -0.478 e. The van der Waals surface area contributed by atoms with Crippen molar-refractivity contribution in [3.8, 4) is 0 Å². The van der Waals surface area contributed by atoms with E-state index in [4.69, 9.17) is 16.0 Å². The highest BCUT2D eigenvalue weighted by Gasteiger charge is 2.64. The number of nitrogens with one attached hydrogen (secondary N) is 1. The number of amides is 1. The average molecular weight is 1050 g/mol. The molecule has 0 saturated heterocycles. The molecule has 15 nitrogen and oxygen atoms in total. The highest BCUT2D eigenvalue weighted by molar-refractivity contribution is 5.93. The number of aromatic nitrogens is 4. The average Bonchev–Trinajstić information content (AvgIpc) is 4.18. The van der Waals surface area contributed by atoms with E-state index < -0.39 is 24.3 Å². The van der Waals surface area contributed by atoms with Crippen LogP contribution in [0, 0.1) is 80.8 Å². The van der Waals surface area contributed by atoms with Crippen LogP contribution in [0.25, 0.3) is 0 Å². The Balaban J connectivity index is 0.000000201. The standard InChI is InChI=1S/C29H45N3O4.C27H40N2O5.C2H7N.CH3F/c1-27-12-13-29(35,18-36-5)14-20(27)6-7-21-22-8-9-24(28(22,2)11-10-23(21)27)25(33)17-32-16-19(15-30-32)26(34)31(3)4;1-25-10-11-27(33,16-34-3)12-18(25)4-5-19-20-6-7-22(26(20,2)9-8-21(19)25)23(30)15-29-14-17(13-28-29)24(31)32;1-3-2;1-2/h15-16,20-24,35H,6-14,17-18H2,1-5H3;13-14,18-22,33H,4-12,15-16H2,1-3H3,(H,31,32);3H,1-2H3;1H3/t20-,21-,22-,23-,24+,27-,28-,29+;18-,19-,20-,21-,22+,25-,26-,27+;;/m00../s1/i;;;1D. The van der Waals surface area contributed by atoms with E-state index in [1.165, 1.54) is 60.5 Å². The predicted molar refractivity (Wildman–Crippen MR) is 286 cm³/mol. The second-order valence-electron chi connectivity index (χ2n) is 26.2. The number of aromatic carboxylic acids is 1. The molecule has 4 N–H and O–H groups in total. The Morgan fingerprint density at radius 1 is 0.653 bits per heavy atom. The monoisotopic (exact) mass is 1050 g/mol. The third kappa shape index (κ3) is 11.4. The smallest absolute Gasteiger partial charge is 0.338 e. The van der Waals surface area contributed by atoms with E-state index in [2.05, 4.69) is 43.2 Å². The lowest BCUT2D eigenvalue weighted by Gasteiger charge is -2.62. The topological polar surface area (TPSA) is 198 Å². The molecule has 2 heterocycles. The first-order valence-corrected chi connectivity index (χ1v) is 28.3. The van der Waals surface area contributed by atoms with E-state index in [1.807, 2.05) is 14.1 Å². The van der Waals surface area contributed by atoms with Crippen LogP contribution >= 0.6 is 0 Å².